The van der Waals surface area contributed by atoms with Gasteiger partial charge in [-0.3, -0.25) is 4.79 Å². The molecular formula is C12H18ClNO3. The molecule has 1 aromatic carbocycles. The van der Waals surface area contributed by atoms with Crippen LogP contribution in [0.2, 0.25) is 0 Å². The molecule has 0 heterocycles. The first-order valence-corrected chi connectivity index (χ1v) is 5.22. The van der Waals surface area contributed by atoms with E-state index in [1.807, 2.05) is 24.3 Å². The van der Waals surface area contributed by atoms with Crippen molar-refractivity contribution in [3.63, 3.8) is 0 Å². The van der Waals surface area contributed by atoms with Crippen LogP contribution in [0, 0.1) is 0 Å². The summed E-state index contributed by atoms with van der Waals surface area (Å²) in [4.78, 5) is 11.2. The number of ether oxygens (including phenoxy) is 2. The maximum Gasteiger partial charge on any atom is 0.307 e. The third-order valence-corrected chi connectivity index (χ3v) is 2.24. The van der Waals surface area contributed by atoms with E-state index in [1.54, 1.807) is 14.0 Å². The molecule has 0 amide bonds. The fraction of sp³-hybridized carbons (Fsp3) is 0.417. The van der Waals surface area contributed by atoms with Gasteiger partial charge in [-0.2, -0.15) is 0 Å². The van der Waals surface area contributed by atoms with Crippen molar-refractivity contribution in [1.29, 1.82) is 0 Å². The van der Waals surface area contributed by atoms with E-state index < -0.39 is 0 Å². The monoisotopic (exact) mass is 259 g/mol. The summed E-state index contributed by atoms with van der Waals surface area (Å²) in [5.41, 5.74) is 6.77. The van der Waals surface area contributed by atoms with Crippen LogP contribution < -0.4 is 10.5 Å². The van der Waals surface area contributed by atoms with Gasteiger partial charge in [0.1, 0.15) is 5.75 Å². The second kappa shape index (κ2) is 7.92. The summed E-state index contributed by atoms with van der Waals surface area (Å²) >= 11 is 0. The lowest BCUT2D eigenvalue weighted by atomic mass is 10.0. The lowest BCUT2D eigenvalue weighted by molar-refractivity contribution is -0.143. The number of halogens is 1. The van der Waals surface area contributed by atoms with Crippen molar-refractivity contribution in [2.75, 3.05) is 13.7 Å². The molecule has 1 rings (SSSR count). The Balaban J connectivity index is 0.00000256. The van der Waals surface area contributed by atoms with Gasteiger partial charge in [0, 0.05) is 6.04 Å². The molecule has 96 valence electrons. The Morgan fingerprint density at radius 2 is 1.94 bits per heavy atom. The average Bonchev–Trinajstić information content (AvgIpc) is 2.29. The van der Waals surface area contributed by atoms with Crippen LogP contribution in [0.15, 0.2) is 24.3 Å². The zero-order valence-corrected chi connectivity index (χ0v) is 10.8. The van der Waals surface area contributed by atoms with Crippen molar-refractivity contribution in [1.82, 2.24) is 0 Å². The van der Waals surface area contributed by atoms with E-state index in [0.29, 0.717) is 6.61 Å². The normalized spacial score (nSPS) is 11.2. The number of hydrogen-bond donors (Lipinski definition) is 1. The minimum Gasteiger partial charge on any atom is -0.497 e. The topological polar surface area (TPSA) is 61.5 Å². The van der Waals surface area contributed by atoms with Crippen molar-refractivity contribution in [2.45, 2.75) is 19.4 Å². The molecule has 0 aliphatic carbocycles. The first-order valence-electron chi connectivity index (χ1n) is 5.22. The maximum atomic E-state index is 11.2. The van der Waals surface area contributed by atoms with Crippen molar-refractivity contribution in [2.24, 2.45) is 5.73 Å². The average molecular weight is 260 g/mol. The highest BCUT2D eigenvalue weighted by atomic mass is 35.5. The number of carbonyl (C=O) groups is 1. The van der Waals surface area contributed by atoms with Crippen molar-refractivity contribution in [3.05, 3.63) is 29.8 Å². The standard InChI is InChI=1S/C12H17NO3.ClH/c1-3-16-12(14)8-11(13)9-4-6-10(15-2)7-5-9;/h4-7,11H,3,8,13H2,1-2H3;1H/t11-;/m0./s1. The first kappa shape index (κ1) is 15.7. The Morgan fingerprint density at radius 1 is 1.35 bits per heavy atom. The molecule has 0 unspecified atom stereocenters. The predicted molar refractivity (Wildman–Crippen MR) is 68.4 cm³/mol. The molecule has 0 radical (unpaired) electrons. The van der Waals surface area contributed by atoms with E-state index in [-0.39, 0.29) is 30.8 Å². The Morgan fingerprint density at radius 3 is 2.41 bits per heavy atom. The molecule has 0 saturated heterocycles. The minimum absolute atomic E-state index is 0. The van der Waals surface area contributed by atoms with Crippen LogP contribution in [0.1, 0.15) is 24.9 Å². The largest absolute Gasteiger partial charge is 0.497 e. The quantitative estimate of drug-likeness (QED) is 0.823. The molecule has 5 heteroatoms. The Hall–Kier alpha value is -1.26. The van der Waals surface area contributed by atoms with E-state index in [1.165, 1.54) is 0 Å². The number of nitrogens with two attached hydrogens (primary N) is 1. The van der Waals surface area contributed by atoms with Crippen LogP contribution in [0.4, 0.5) is 0 Å². The SMILES string of the molecule is CCOC(=O)C[C@H](N)c1ccc(OC)cc1.Cl. The number of rotatable bonds is 5. The van der Waals surface area contributed by atoms with E-state index >= 15 is 0 Å². The van der Waals surface area contributed by atoms with Gasteiger partial charge in [-0.15, -0.1) is 12.4 Å². The summed E-state index contributed by atoms with van der Waals surface area (Å²) in [5.74, 6) is 0.498. The Bertz CT molecular complexity index is 340. The molecule has 0 aliphatic heterocycles. The fourth-order valence-electron chi connectivity index (χ4n) is 1.37. The van der Waals surface area contributed by atoms with Crippen molar-refractivity contribution >= 4 is 18.4 Å². The van der Waals surface area contributed by atoms with Gasteiger partial charge in [-0.05, 0) is 24.6 Å². The van der Waals surface area contributed by atoms with Crippen LogP contribution in [0.25, 0.3) is 0 Å². The Labute approximate surface area is 108 Å². The second-order valence-corrected chi connectivity index (χ2v) is 3.39. The van der Waals surface area contributed by atoms with Crippen LogP contribution in [-0.4, -0.2) is 19.7 Å². The predicted octanol–water partition coefficient (Wildman–Crippen LogP) is 2.07. The molecule has 2 N–H and O–H groups in total. The van der Waals surface area contributed by atoms with Crippen molar-refractivity contribution < 1.29 is 14.3 Å². The summed E-state index contributed by atoms with van der Waals surface area (Å²) in [5, 5.41) is 0. The van der Waals surface area contributed by atoms with Gasteiger partial charge in [0.2, 0.25) is 0 Å². The second-order valence-electron chi connectivity index (χ2n) is 3.39. The van der Waals surface area contributed by atoms with Crippen LogP contribution >= 0.6 is 12.4 Å². The van der Waals surface area contributed by atoms with Gasteiger partial charge >= 0.3 is 5.97 Å². The van der Waals surface area contributed by atoms with Crippen LogP contribution in [0.5, 0.6) is 5.75 Å². The molecule has 0 aromatic heterocycles. The van der Waals surface area contributed by atoms with E-state index in [0.717, 1.165) is 11.3 Å². The number of benzene rings is 1. The molecule has 0 bridgehead atoms. The molecule has 0 fully saturated rings. The molecule has 0 aliphatic rings. The number of carbonyl (C=O) groups excluding carboxylic acids is 1. The summed E-state index contributed by atoms with van der Waals surface area (Å²) < 4.78 is 9.87. The van der Waals surface area contributed by atoms with Gasteiger partial charge < -0.3 is 15.2 Å². The summed E-state index contributed by atoms with van der Waals surface area (Å²) in [6.45, 7) is 2.16. The van der Waals surface area contributed by atoms with E-state index in [4.69, 9.17) is 15.2 Å². The molecule has 0 saturated carbocycles. The zero-order chi connectivity index (χ0) is 12.0. The van der Waals surface area contributed by atoms with Gasteiger partial charge in [0.15, 0.2) is 0 Å². The number of methoxy groups -OCH3 is 1. The lowest BCUT2D eigenvalue weighted by Crippen LogP contribution is -2.17. The zero-order valence-electron chi connectivity index (χ0n) is 10.0. The minimum atomic E-state index is -0.329. The highest BCUT2D eigenvalue weighted by Gasteiger charge is 2.12. The van der Waals surface area contributed by atoms with Gasteiger partial charge in [0.05, 0.1) is 20.1 Å². The summed E-state index contributed by atoms with van der Waals surface area (Å²) in [7, 11) is 1.60. The first-order chi connectivity index (χ1) is 7.67. The molecule has 17 heavy (non-hydrogen) atoms. The molecule has 4 nitrogen and oxygen atoms in total. The van der Waals surface area contributed by atoms with Gasteiger partial charge in [-0.1, -0.05) is 12.1 Å². The van der Waals surface area contributed by atoms with Crippen LogP contribution in [-0.2, 0) is 9.53 Å². The maximum absolute atomic E-state index is 11.2. The highest BCUT2D eigenvalue weighted by molar-refractivity contribution is 5.85. The van der Waals surface area contributed by atoms with E-state index in [9.17, 15) is 4.79 Å². The molecule has 0 spiro atoms. The van der Waals surface area contributed by atoms with Gasteiger partial charge in [-0.25, -0.2) is 0 Å². The Kier molecular flexibility index (Phi) is 7.34. The van der Waals surface area contributed by atoms with Crippen molar-refractivity contribution in [3.8, 4) is 5.75 Å². The smallest absolute Gasteiger partial charge is 0.307 e. The van der Waals surface area contributed by atoms with Crippen LogP contribution in [0.3, 0.4) is 0 Å². The number of hydrogen-bond acceptors (Lipinski definition) is 4. The lowest BCUT2D eigenvalue weighted by Gasteiger charge is -2.11. The fourth-order valence-corrected chi connectivity index (χ4v) is 1.37. The summed E-state index contributed by atoms with van der Waals surface area (Å²) in [6, 6.07) is 7.01. The molecule has 1 aromatic rings. The number of esters is 1. The summed E-state index contributed by atoms with van der Waals surface area (Å²) in [6.07, 6.45) is 0.195. The third kappa shape index (κ3) is 5.06. The van der Waals surface area contributed by atoms with Gasteiger partial charge in [0.25, 0.3) is 0 Å². The van der Waals surface area contributed by atoms with E-state index in [2.05, 4.69) is 0 Å². The molecular weight excluding hydrogens is 242 g/mol. The third-order valence-electron chi connectivity index (χ3n) is 2.24. The highest BCUT2D eigenvalue weighted by Crippen LogP contribution is 2.18. The molecule has 1 atom stereocenters.